The second-order valence-corrected chi connectivity index (χ2v) is 7.76. The van der Waals surface area contributed by atoms with Gasteiger partial charge in [0.25, 0.3) is 10.0 Å². The zero-order valence-corrected chi connectivity index (χ0v) is 15.4. The van der Waals surface area contributed by atoms with Crippen LogP contribution in [-0.2, 0) is 10.0 Å². The fraction of sp³-hybridized carbons (Fsp3) is 0.0526. The van der Waals surface area contributed by atoms with Crippen molar-refractivity contribution in [2.45, 2.75) is 11.8 Å². The fourth-order valence-corrected chi connectivity index (χ4v) is 3.60. The summed E-state index contributed by atoms with van der Waals surface area (Å²) in [6, 6.07) is 16.4. The molecule has 1 heterocycles. The van der Waals surface area contributed by atoms with Crippen LogP contribution in [0.25, 0.3) is 0 Å². The molecule has 3 rings (SSSR count). The van der Waals surface area contributed by atoms with Crippen LogP contribution < -0.4 is 4.72 Å². The molecular formula is C19H15ClN2O3S. The van der Waals surface area contributed by atoms with Gasteiger partial charge in [-0.05, 0) is 25.1 Å². The van der Waals surface area contributed by atoms with Crippen molar-refractivity contribution < 1.29 is 13.2 Å². The molecule has 0 saturated carbocycles. The Bertz CT molecular complexity index is 1050. The maximum absolute atomic E-state index is 12.4. The minimum atomic E-state index is -3.77. The normalized spacial score (nSPS) is 11.2. The maximum atomic E-state index is 12.4. The number of carbonyl (C=O) groups is 1. The molecule has 0 aliphatic carbocycles. The second-order valence-electron chi connectivity index (χ2n) is 5.67. The number of hydrogen-bond acceptors (Lipinski definition) is 4. The number of aryl methyl sites for hydroxylation is 1. The molecule has 0 aliphatic heterocycles. The first-order chi connectivity index (χ1) is 12.4. The maximum Gasteiger partial charge on any atom is 0.261 e. The zero-order chi connectivity index (χ0) is 18.7. The third-order valence-electron chi connectivity index (χ3n) is 3.68. The molecule has 5 nitrogen and oxygen atoms in total. The summed E-state index contributed by atoms with van der Waals surface area (Å²) in [5.41, 5.74) is 1.66. The SMILES string of the molecule is Cc1ccc(S(=O)(=O)Nc2cnc(C(=O)c3ccccc3)c(Cl)c2)cc1. The molecule has 3 aromatic rings. The van der Waals surface area contributed by atoms with Crippen molar-refractivity contribution in [1.82, 2.24) is 4.98 Å². The number of benzene rings is 2. The molecule has 1 N–H and O–H groups in total. The summed E-state index contributed by atoms with van der Waals surface area (Å²) in [7, 11) is -3.77. The molecule has 0 amide bonds. The van der Waals surface area contributed by atoms with Crippen molar-refractivity contribution in [2.24, 2.45) is 0 Å². The number of carbonyl (C=O) groups excluding carboxylic acids is 1. The Hall–Kier alpha value is -2.70. The lowest BCUT2D eigenvalue weighted by molar-refractivity contribution is 0.103. The van der Waals surface area contributed by atoms with Gasteiger partial charge in [-0.15, -0.1) is 0 Å². The van der Waals surface area contributed by atoms with Crippen LogP contribution in [0.1, 0.15) is 21.6 Å². The van der Waals surface area contributed by atoms with E-state index >= 15 is 0 Å². The average Bonchev–Trinajstić information content (AvgIpc) is 2.62. The fourth-order valence-electron chi connectivity index (χ4n) is 2.32. The van der Waals surface area contributed by atoms with Crippen molar-refractivity contribution in [3.05, 3.63) is 88.7 Å². The monoisotopic (exact) mass is 386 g/mol. The van der Waals surface area contributed by atoms with E-state index in [9.17, 15) is 13.2 Å². The highest BCUT2D eigenvalue weighted by Crippen LogP contribution is 2.23. The van der Waals surface area contributed by atoms with Crippen molar-refractivity contribution in [3.8, 4) is 0 Å². The van der Waals surface area contributed by atoms with E-state index in [0.29, 0.717) is 5.56 Å². The number of ketones is 1. The molecule has 0 fully saturated rings. The van der Waals surface area contributed by atoms with E-state index in [0.717, 1.165) is 5.56 Å². The Morgan fingerprint density at radius 2 is 1.69 bits per heavy atom. The number of nitrogens with one attached hydrogen (secondary N) is 1. The van der Waals surface area contributed by atoms with Gasteiger partial charge in [0.15, 0.2) is 0 Å². The van der Waals surface area contributed by atoms with Crippen LogP contribution in [-0.4, -0.2) is 19.2 Å². The number of rotatable bonds is 5. The highest BCUT2D eigenvalue weighted by Gasteiger charge is 2.18. The summed E-state index contributed by atoms with van der Waals surface area (Å²) in [6.07, 6.45) is 1.27. The number of hydrogen-bond donors (Lipinski definition) is 1. The van der Waals surface area contributed by atoms with Gasteiger partial charge in [0.1, 0.15) is 5.69 Å². The smallest absolute Gasteiger partial charge is 0.261 e. The van der Waals surface area contributed by atoms with E-state index in [1.807, 2.05) is 6.92 Å². The van der Waals surface area contributed by atoms with Gasteiger partial charge in [0, 0.05) is 5.56 Å². The van der Waals surface area contributed by atoms with Gasteiger partial charge in [-0.25, -0.2) is 13.4 Å². The van der Waals surface area contributed by atoms with Gasteiger partial charge >= 0.3 is 0 Å². The van der Waals surface area contributed by atoms with E-state index in [1.165, 1.54) is 24.4 Å². The molecule has 0 unspecified atom stereocenters. The van der Waals surface area contributed by atoms with E-state index in [4.69, 9.17) is 11.6 Å². The molecule has 132 valence electrons. The molecule has 1 aromatic heterocycles. The lowest BCUT2D eigenvalue weighted by atomic mass is 10.1. The topological polar surface area (TPSA) is 76.1 Å². The molecule has 0 aliphatic rings. The van der Waals surface area contributed by atoms with Crippen LogP contribution in [0.2, 0.25) is 5.02 Å². The van der Waals surface area contributed by atoms with Crippen LogP contribution in [0.4, 0.5) is 5.69 Å². The van der Waals surface area contributed by atoms with Crippen molar-refractivity contribution >= 4 is 33.1 Å². The summed E-state index contributed by atoms with van der Waals surface area (Å²) >= 11 is 6.15. The lowest BCUT2D eigenvalue weighted by Gasteiger charge is -2.10. The predicted octanol–water partition coefficient (Wildman–Crippen LogP) is 4.08. The molecular weight excluding hydrogens is 372 g/mol. The van der Waals surface area contributed by atoms with Gasteiger partial charge in [-0.1, -0.05) is 59.6 Å². The van der Waals surface area contributed by atoms with Crippen molar-refractivity contribution in [3.63, 3.8) is 0 Å². The summed E-state index contributed by atoms with van der Waals surface area (Å²) in [5, 5.41) is 0.0722. The third-order valence-corrected chi connectivity index (χ3v) is 5.36. The Balaban J connectivity index is 1.86. The number of aromatic nitrogens is 1. The minimum absolute atomic E-state index is 0.0659. The van der Waals surface area contributed by atoms with Gasteiger partial charge in [-0.2, -0.15) is 0 Å². The minimum Gasteiger partial charge on any atom is -0.287 e. The molecule has 0 atom stereocenters. The third kappa shape index (κ3) is 3.92. The molecule has 0 spiro atoms. The molecule has 7 heteroatoms. The second kappa shape index (κ2) is 7.27. The van der Waals surface area contributed by atoms with E-state index in [1.54, 1.807) is 42.5 Å². The van der Waals surface area contributed by atoms with Gasteiger partial charge in [0.05, 0.1) is 21.8 Å². The molecule has 0 radical (unpaired) electrons. The largest absolute Gasteiger partial charge is 0.287 e. The van der Waals surface area contributed by atoms with Gasteiger partial charge in [-0.3, -0.25) is 9.52 Å². The average molecular weight is 387 g/mol. The van der Waals surface area contributed by atoms with E-state index in [-0.39, 0.29) is 27.1 Å². The highest BCUT2D eigenvalue weighted by molar-refractivity contribution is 7.92. The van der Waals surface area contributed by atoms with Gasteiger partial charge in [0.2, 0.25) is 5.78 Å². The lowest BCUT2D eigenvalue weighted by Crippen LogP contribution is -2.14. The Morgan fingerprint density at radius 3 is 2.31 bits per heavy atom. The van der Waals surface area contributed by atoms with Crippen LogP contribution >= 0.6 is 11.6 Å². The quantitative estimate of drug-likeness (QED) is 0.670. The van der Waals surface area contributed by atoms with Crippen LogP contribution in [0.5, 0.6) is 0 Å². The summed E-state index contributed by atoms with van der Waals surface area (Å²) < 4.78 is 27.2. The number of sulfonamides is 1. The Morgan fingerprint density at radius 1 is 1.04 bits per heavy atom. The molecule has 0 saturated heterocycles. The Labute approximate surface area is 156 Å². The van der Waals surface area contributed by atoms with Gasteiger partial charge < -0.3 is 0 Å². The molecule has 2 aromatic carbocycles. The highest BCUT2D eigenvalue weighted by atomic mass is 35.5. The zero-order valence-electron chi connectivity index (χ0n) is 13.8. The number of halogens is 1. The number of nitrogens with zero attached hydrogens (tertiary/aromatic N) is 1. The van der Waals surface area contributed by atoms with Crippen LogP contribution in [0.15, 0.2) is 71.8 Å². The summed E-state index contributed by atoms with van der Waals surface area (Å²) in [6.45, 7) is 1.87. The number of anilines is 1. The van der Waals surface area contributed by atoms with Crippen molar-refractivity contribution in [1.29, 1.82) is 0 Å². The molecule has 0 bridgehead atoms. The number of pyridine rings is 1. The van der Waals surface area contributed by atoms with Crippen LogP contribution in [0, 0.1) is 6.92 Å². The summed E-state index contributed by atoms with van der Waals surface area (Å²) in [5.74, 6) is -0.330. The van der Waals surface area contributed by atoms with E-state index < -0.39 is 10.0 Å². The Kier molecular flexibility index (Phi) is 5.06. The first kappa shape index (κ1) is 18.1. The van der Waals surface area contributed by atoms with Crippen molar-refractivity contribution in [2.75, 3.05) is 4.72 Å². The summed E-state index contributed by atoms with van der Waals surface area (Å²) in [4.78, 5) is 16.6. The predicted molar refractivity (Wildman–Crippen MR) is 101 cm³/mol. The first-order valence-corrected chi connectivity index (χ1v) is 9.58. The van der Waals surface area contributed by atoms with E-state index in [2.05, 4.69) is 9.71 Å². The standard InChI is InChI=1S/C19H15ClN2O3S/c1-13-7-9-16(10-8-13)26(24,25)22-15-11-17(20)18(21-12-15)19(23)14-5-3-2-4-6-14/h2-12,22H,1H3. The first-order valence-electron chi connectivity index (χ1n) is 7.71. The van der Waals surface area contributed by atoms with Crippen LogP contribution in [0.3, 0.4) is 0 Å². The molecule has 26 heavy (non-hydrogen) atoms.